The topological polar surface area (TPSA) is 145 Å². The van der Waals surface area contributed by atoms with Gasteiger partial charge in [0.25, 0.3) is 0 Å². The van der Waals surface area contributed by atoms with E-state index in [2.05, 4.69) is 10.6 Å². The number of amides is 1. The van der Waals surface area contributed by atoms with Gasteiger partial charge in [-0.25, -0.2) is 13.2 Å². The molecule has 12 nitrogen and oxygen atoms in total. The molecule has 2 fully saturated rings. The first-order chi connectivity index (χ1) is 21.3. The molecule has 0 aliphatic carbocycles. The van der Waals surface area contributed by atoms with Crippen molar-refractivity contribution < 1.29 is 42.0 Å². The first-order valence-electron chi connectivity index (χ1n) is 15.3. The molecule has 0 saturated carbocycles. The van der Waals surface area contributed by atoms with Crippen LogP contribution in [0.25, 0.3) is 0 Å². The van der Waals surface area contributed by atoms with E-state index in [9.17, 15) is 18.3 Å². The van der Waals surface area contributed by atoms with E-state index in [1.807, 2.05) is 30.3 Å². The molecule has 44 heavy (non-hydrogen) atoms. The predicted molar refractivity (Wildman–Crippen MR) is 161 cm³/mol. The van der Waals surface area contributed by atoms with E-state index in [1.54, 1.807) is 12.1 Å². The molecule has 0 radical (unpaired) electrons. The van der Waals surface area contributed by atoms with Gasteiger partial charge in [0.2, 0.25) is 10.0 Å². The number of alkyl carbamates (subject to hydrolysis) is 1. The molecule has 13 heteroatoms. The number of aliphatic hydroxyl groups excluding tert-OH is 1. The smallest absolute Gasteiger partial charge is 0.407 e. The van der Waals surface area contributed by atoms with Crippen LogP contribution < -0.4 is 20.1 Å². The molecular formula is C31H43N3O9S. The molecule has 3 N–H and O–H groups in total. The Balaban J connectivity index is 1.37. The third kappa shape index (κ3) is 8.20. The molecule has 5 rings (SSSR count). The van der Waals surface area contributed by atoms with Crippen molar-refractivity contribution in [2.45, 2.75) is 61.5 Å². The van der Waals surface area contributed by atoms with E-state index < -0.39 is 34.4 Å². The summed E-state index contributed by atoms with van der Waals surface area (Å²) >= 11 is 0. The minimum absolute atomic E-state index is 0.00806. The van der Waals surface area contributed by atoms with Gasteiger partial charge in [-0.2, -0.15) is 4.31 Å². The van der Waals surface area contributed by atoms with Crippen LogP contribution in [0.15, 0.2) is 53.4 Å². The van der Waals surface area contributed by atoms with E-state index in [0.717, 1.165) is 37.8 Å². The van der Waals surface area contributed by atoms with Gasteiger partial charge in [0.1, 0.15) is 22.5 Å². The lowest BCUT2D eigenvalue weighted by Gasteiger charge is -2.30. The molecule has 1 amide bonds. The molecule has 2 aromatic rings. The number of fused-ring (bicyclic) bond motifs is 2. The SMILES string of the molecule is COc1ccc2c(c1)OCCCCCNCCN(C[C@@H](O)[C@H](Cc1ccccc1)NC(=O)O[C@H]1CO[C@H]3OCC[C@H]31)S2(=O)=O. The summed E-state index contributed by atoms with van der Waals surface area (Å²) in [5.41, 5.74) is 0.866. The number of aliphatic hydroxyl groups is 1. The largest absolute Gasteiger partial charge is 0.497 e. The maximum absolute atomic E-state index is 14.1. The van der Waals surface area contributed by atoms with Gasteiger partial charge in [-0.15, -0.1) is 0 Å². The van der Waals surface area contributed by atoms with Crippen molar-refractivity contribution in [2.24, 2.45) is 5.92 Å². The first-order valence-corrected chi connectivity index (χ1v) is 16.7. The second-order valence-corrected chi connectivity index (χ2v) is 13.2. The Labute approximate surface area is 259 Å². The van der Waals surface area contributed by atoms with E-state index in [-0.39, 0.29) is 49.0 Å². The van der Waals surface area contributed by atoms with Crippen molar-refractivity contribution in [1.29, 1.82) is 0 Å². The standard InChI is InChI=1S/C31H43N3O9S/c1-39-23-10-11-29-27(19-23)40-16-7-3-6-13-32-14-15-34(44(29,37)38)20-26(35)25(18-22-8-4-2-5-9-22)33-31(36)43-28-21-42-30-24(28)12-17-41-30/h2,4-5,8-11,19,24-26,28,30,32,35H,3,6-7,12-18,20-21H2,1H3,(H,33,36)/t24-,25-,26+,28-,30+/m0/s1. The summed E-state index contributed by atoms with van der Waals surface area (Å²) in [5, 5.41) is 17.7. The molecule has 0 bridgehead atoms. The van der Waals surface area contributed by atoms with Crippen LogP contribution in [0.1, 0.15) is 31.2 Å². The minimum atomic E-state index is -4.13. The van der Waals surface area contributed by atoms with Gasteiger partial charge in [0.05, 0.1) is 45.0 Å². The molecular weight excluding hydrogens is 590 g/mol. The van der Waals surface area contributed by atoms with E-state index in [0.29, 0.717) is 25.5 Å². The quantitative estimate of drug-likeness (QED) is 0.396. The minimum Gasteiger partial charge on any atom is -0.497 e. The number of sulfonamides is 1. The van der Waals surface area contributed by atoms with Crippen LogP contribution in [0.5, 0.6) is 11.5 Å². The fourth-order valence-corrected chi connectivity index (χ4v) is 7.36. The number of carbonyl (C=O) groups excluding carboxylic acids is 1. The number of carbonyl (C=O) groups is 1. The second kappa shape index (κ2) is 15.4. The van der Waals surface area contributed by atoms with Crippen LogP contribution in [0, 0.1) is 5.92 Å². The van der Waals surface area contributed by atoms with Crippen LogP contribution in [0.2, 0.25) is 0 Å². The second-order valence-electron chi connectivity index (χ2n) is 11.3. The number of rotatable bonds is 8. The van der Waals surface area contributed by atoms with Crippen LogP contribution in [-0.2, 0) is 30.7 Å². The lowest BCUT2D eigenvalue weighted by molar-refractivity contribution is -0.0907. The van der Waals surface area contributed by atoms with Gasteiger partial charge < -0.3 is 39.4 Å². The Kier molecular flexibility index (Phi) is 11.3. The molecule has 3 heterocycles. The molecule has 3 aliphatic rings. The van der Waals surface area contributed by atoms with Crippen molar-refractivity contribution in [1.82, 2.24) is 14.9 Å². The van der Waals surface area contributed by atoms with E-state index in [1.165, 1.54) is 17.5 Å². The van der Waals surface area contributed by atoms with Gasteiger partial charge in [-0.3, -0.25) is 0 Å². The van der Waals surface area contributed by atoms with Crippen LogP contribution in [0.4, 0.5) is 4.79 Å². The Hall–Kier alpha value is -2.94. The van der Waals surface area contributed by atoms with Crippen molar-refractivity contribution >= 4 is 16.1 Å². The van der Waals surface area contributed by atoms with Crippen LogP contribution in [0.3, 0.4) is 0 Å². The zero-order valence-corrected chi connectivity index (χ0v) is 25.9. The molecule has 3 aliphatic heterocycles. The monoisotopic (exact) mass is 633 g/mol. The highest BCUT2D eigenvalue weighted by atomic mass is 32.2. The van der Waals surface area contributed by atoms with Gasteiger partial charge in [-0.05, 0) is 56.3 Å². The van der Waals surface area contributed by atoms with Gasteiger partial charge in [0, 0.05) is 25.7 Å². The molecule has 242 valence electrons. The lowest BCUT2D eigenvalue weighted by atomic mass is 10.0. The maximum Gasteiger partial charge on any atom is 0.407 e. The Morgan fingerprint density at radius 3 is 2.77 bits per heavy atom. The van der Waals surface area contributed by atoms with Gasteiger partial charge >= 0.3 is 6.09 Å². The molecule has 0 aromatic heterocycles. The number of nitrogens with one attached hydrogen (secondary N) is 2. The number of β-amino-alcohol motifs (C(OH)–C–C–N with tert-alkyl or cyclic N) is 1. The zero-order valence-electron chi connectivity index (χ0n) is 25.1. The maximum atomic E-state index is 14.1. The summed E-state index contributed by atoms with van der Waals surface area (Å²) in [6.45, 7) is 2.12. The summed E-state index contributed by atoms with van der Waals surface area (Å²) in [6.07, 6.45) is 0.835. The average molecular weight is 634 g/mol. The van der Waals surface area contributed by atoms with Gasteiger partial charge in [-0.1, -0.05) is 30.3 Å². The normalized spacial score (nSPS) is 25.5. The van der Waals surface area contributed by atoms with Crippen molar-refractivity contribution in [2.75, 3.05) is 53.1 Å². The molecule has 5 atom stereocenters. The van der Waals surface area contributed by atoms with Gasteiger partial charge in [0.15, 0.2) is 6.29 Å². The summed E-state index contributed by atoms with van der Waals surface area (Å²) in [7, 11) is -2.62. The number of ether oxygens (including phenoxy) is 5. The average Bonchev–Trinajstić information content (AvgIpc) is 3.64. The molecule has 0 unspecified atom stereocenters. The van der Waals surface area contributed by atoms with E-state index >= 15 is 0 Å². The molecule has 2 saturated heterocycles. The Bertz CT molecular complexity index is 1330. The van der Waals surface area contributed by atoms with Crippen molar-refractivity contribution in [3.8, 4) is 11.5 Å². The third-order valence-electron chi connectivity index (χ3n) is 8.26. The highest BCUT2D eigenvalue weighted by molar-refractivity contribution is 7.89. The Morgan fingerprint density at radius 1 is 1.11 bits per heavy atom. The summed E-state index contributed by atoms with van der Waals surface area (Å²) < 4.78 is 57.6. The summed E-state index contributed by atoms with van der Waals surface area (Å²) in [5.74, 6) is 0.639. The summed E-state index contributed by atoms with van der Waals surface area (Å²) in [4.78, 5) is 13.1. The van der Waals surface area contributed by atoms with Crippen molar-refractivity contribution in [3.63, 3.8) is 0 Å². The van der Waals surface area contributed by atoms with Crippen LogP contribution >= 0.6 is 0 Å². The number of nitrogens with zero attached hydrogens (tertiary/aromatic N) is 1. The highest BCUT2D eigenvalue weighted by Gasteiger charge is 2.44. The van der Waals surface area contributed by atoms with Crippen LogP contribution in [-0.4, -0.2) is 102 Å². The fraction of sp³-hybridized carbons (Fsp3) is 0.581. The molecule has 2 aromatic carbocycles. The fourth-order valence-electron chi connectivity index (χ4n) is 5.79. The number of methoxy groups -OCH3 is 1. The third-order valence-corrected chi connectivity index (χ3v) is 10.2. The number of hydrogen-bond acceptors (Lipinski definition) is 10. The number of hydrogen-bond donors (Lipinski definition) is 3. The Morgan fingerprint density at radius 2 is 1.95 bits per heavy atom. The number of benzene rings is 2. The van der Waals surface area contributed by atoms with E-state index in [4.69, 9.17) is 23.7 Å². The predicted octanol–water partition coefficient (Wildman–Crippen LogP) is 2.30. The first kappa shape index (κ1) is 32.5. The molecule has 0 spiro atoms. The lowest BCUT2D eigenvalue weighted by Crippen LogP contribution is -2.52. The highest BCUT2D eigenvalue weighted by Crippen LogP contribution is 2.33. The zero-order chi connectivity index (χ0) is 30.9. The summed E-state index contributed by atoms with van der Waals surface area (Å²) in [6, 6.07) is 13.2. The van der Waals surface area contributed by atoms with Crippen molar-refractivity contribution in [3.05, 3.63) is 54.1 Å².